The average Bonchev–Trinajstić information content (AvgIpc) is 2.50. The molecule has 0 unspecified atom stereocenters. The third-order valence-electron chi connectivity index (χ3n) is 3.48. The summed E-state index contributed by atoms with van der Waals surface area (Å²) in [4.78, 5) is 11.5. The number of carbonyl (C=O) groups is 1. The van der Waals surface area contributed by atoms with Gasteiger partial charge in [0.15, 0.2) is 0 Å². The molecule has 1 aliphatic carbocycles. The van der Waals surface area contributed by atoms with Crippen LogP contribution in [0.1, 0.15) is 23.2 Å². The maximum absolute atomic E-state index is 12.2. The Hall–Kier alpha value is -2.01. The fraction of sp³-hybridized carbons (Fsp3) is 0.500. The molecule has 0 radical (unpaired) electrons. The summed E-state index contributed by atoms with van der Waals surface area (Å²) < 4.78 is 77.7. The van der Waals surface area contributed by atoms with Crippen LogP contribution in [0.3, 0.4) is 0 Å². The molecular formula is C14H15F3O7S. The van der Waals surface area contributed by atoms with Gasteiger partial charge in [-0.15, -0.1) is 0 Å². The fourth-order valence-corrected chi connectivity index (χ4v) is 2.77. The molecule has 1 aliphatic rings. The number of hydrogen-bond acceptors (Lipinski definition) is 7. The summed E-state index contributed by atoms with van der Waals surface area (Å²) in [7, 11) is -3.04. The van der Waals surface area contributed by atoms with Crippen molar-refractivity contribution in [2.75, 3.05) is 14.2 Å². The highest BCUT2D eigenvalue weighted by Gasteiger charge is 2.50. The van der Waals surface area contributed by atoms with Crippen molar-refractivity contribution in [2.24, 2.45) is 0 Å². The van der Waals surface area contributed by atoms with Gasteiger partial charge in [0.1, 0.15) is 23.2 Å². The van der Waals surface area contributed by atoms with Gasteiger partial charge in [0, 0.05) is 18.9 Å². The number of carbonyl (C=O) groups excluding carboxylic acids is 1. The predicted molar refractivity (Wildman–Crippen MR) is 77.8 cm³/mol. The van der Waals surface area contributed by atoms with E-state index in [1.807, 2.05) is 0 Å². The molecule has 0 spiro atoms. The van der Waals surface area contributed by atoms with Crippen LogP contribution in [0.2, 0.25) is 0 Å². The Morgan fingerprint density at radius 3 is 2.32 bits per heavy atom. The predicted octanol–water partition coefficient (Wildman–Crippen LogP) is 2.26. The van der Waals surface area contributed by atoms with E-state index in [1.54, 1.807) is 0 Å². The van der Waals surface area contributed by atoms with E-state index in [0.717, 1.165) is 0 Å². The van der Waals surface area contributed by atoms with Gasteiger partial charge in [-0.1, -0.05) is 0 Å². The van der Waals surface area contributed by atoms with Crippen molar-refractivity contribution >= 4 is 16.1 Å². The number of methoxy groups -OCH3 is 2. The SMILES string of the molecule is COC(=O)c1ccc(OC2CC(OS(=O)(=O)C(F)(F)F)C2)cc1OC. The molecule has 140 valence electrons. The largest absolute Gasteiger partial charge is 0.523 e. The van der Waals surface area contributed by atoms with Crippen LogP contribution in [-0.4, -0.2) is 46.3 Å². The molecule has 25 heavy (non-hydrogen) atoms. The topological polar surface area (TPSA) is 88.1 Å². The molecule has 0 bridgehead atoms. The molecule has 0 atom stereocenters. The molecular weight excluding hydrogens is 369 g/mol. The summed E-state index contributed by atoms with van der Waals surface area (Å²) in [6, 6.07) is 4.31. The quantitative estimate of drug-likeness (QED) is 0.422. The minimum Gasteiger partial charge on any atom is -0.496 e. The van der Waals surface area contributed by atoms with Crippen molar-refractivity contribution in [2.45, 2.75) is 30.6 Å². The van der Waals surface area contributed by atoms with Gasteiger partial charge in [0.05, 0.1) is 20.3 Å². The zero-order valence-corrected chi connectivity index (χ0v) is 14.0. The lowest BCUT2D eigenvalue weighted by Crippen LogP contribution is -2.42. The minimum absolute atomic E-state index is 0.0175. The monoisotopic (exact) mass is 384 g/mol. The van der Waals surface area contributed by atoms with Crippen molar-refractivity contribution in [1.29, 1.82) is 0 Å². The molecule has 11 heteroatoms. The Balaban J connectivity index is 1.94. The third-order valence-corrected chi connectivity index (χ3v) is 4.57. The summed E-state index contributed by atoms with van der Waals surface area (Å²) in [6.45, 7) is 0. The van der Waals surface area contributed by atoms with E-state index in [1.165, 1.54) is 32.4 Å². The molecule has 1 aromatic rings. The average molecular weight is 384 g/mol. The summed E-state index contributed by atoms with van der Waals surface area (Å²) >= 11 is 0. The first kappa shape index (κ1) is 19.3. The number of esters is 1. The molecule has 0 saturated heterocycles. The van der Waals surface area contributed by atoms with E-state index in [0.29, 0.717) is 5.75 Å². The molecule has 2 rings (SSSR count). The van der Waals surface area contributed by atoms with Gasteiger partial charge in [-0.2, -0.15) is 21.6 Å². The maximum atomic E-state index is 12.2. The zero-order valence-electron chi connectivity index (χ0n) is 13.2. The Kier molecular flexibility index (Phi) is 5.47. The van der Waals surface area contributed by atoms with Gasteiger partial charge in [-0.05, 0) is 12.1 Å². The Morgan fingerprint density at radius 1 is 1.16 bits per heavy atom. The van der Waals surface area contributed by atoms with E-state index >= 15 is 0 Å². The van der Waals surface area contributed by atoms with Crippen molar-refractivity contribution in [3.8, 4) is 11.5 Å². The number of ether oxygens (including phenoxy) is 3. The van der Waals surface area contributed by atoms with Crippen LogP contribution in [0.4, 0.5) is 13.2 Å². The van der Waals surface area contributed by atoms with Crippen molar-refractivity contribution < 1.29 is 44.8 Å². The Bertz CT molecular complexity index is 739. The van der Waals surface area contributed by atoms with Crippen molar-refractivity contribution in [3.63, 3.8) is 0 Å². The Labute approximate surface area is 141 Å². The van der Waals surface area contributed by atoms with E-state index in [2.05, 4.69) is 8.92 Å². The number of benzene rings is 1. The van der Waals surface area contributed by atoms with Gasteiger partial charge >= 0.3 is 21.6 Å². The second-order valence-corrected chi connectivity index (χ2v) is 6.75. The standard InChI is InChI=1S/C14H15F3O7S/c1-21-12-7-8(3-4-11(12)13(18)22-2)23-9-5-10(6-9)24-25(19,20)14(15,16)17/h3-4,7,9-10H,5-6H2,1-2H3. The zero-order chi connectivity index (χ0) is 18.8. The van der Waals surface area contributed by atoms with Crippen LogP contribution in [0.15, 0.2) is 18.2 Å². The lowest BCUT2D eigenvalue weighted by Gasteiger charge is -2.34. The van der Waals surface area contributed by atoms with Crippen LogP contribution in [0.5, 0.6) is 11.5 Å². The number of alkyl halides is 3. The molecule has 1 fully saturated rings. The molecule has 0 N–H and O–H groups in total. The summed E-state index contributed by atoms with van der Waals surface area (Å²) in [5.74, 6) is -0.0828. The second kappa shape index (κ2) is 7.08. The van der Waals surface area contributed by atoms with E-state index in [4.69, 9.17) is 9.47 Å². The van der Waals surface area contributed by atoms with Crippen molar-refractivity contribution in [3.05, 3.63) is 23.8 Å². The maximum Gasteiger partial charge on any atom is 0.523 e. The molecule has 0 aliphatic heterocycles. The summed E-state index contributed by atoms with van der Waals surface area (Å²) in [5.41, 5.74) is -5.26. The highest BCUT2D eigenvalue weighted by atomic mass is 32.2. The van der Waals surface area contributed by atoms with Gasteiger partial charge in [-0.25, -0.2) is 4.79 Å². The van der Waals surface area contributed by atoms with Crippen LogP contribution >= 0.6 is 0 Å². The third kappa shape index (κ3) is 4.34. The van der Waals surface area contributed by atoms with Gasteiger partial charge in [-0.3, -0.25) is 4.18 Å². The van der Waals surface area contributed by atoms with Gasteiger partial charge in [0.25, 0.3) is 0 Å². The number of halogens is 3. The van der Waals surface area contributed by atoms with E-state index in [-0.39, 0.29) is 24.2 Å². The minimum atomic E-state index is -5.61. The summed E-state index contributed by atoms with van der Waals surface area (Å²) in [5, 5.41) is 0. The first-order chi connectivity index (χ1) is 11.6. The van der Waals surface area contributed by atoms with Gasteiger partial charge < -0.3 is 14.2 Å². The molecule has 1 saturated carbocycles. The van der Waals surface area contributed by atoms with Crippen LogP contribution in [-0.2, 0) is 19.0 Å². The van der Waals surface area contributed by atoms with E-state index in [9.17, 15) is 26.4 Å². The molecule has 0 amide bonds. The van der Waals surface area contributed by atoms with Crippen LogP contribution in [0, 0.1) is 0 Å². The first-order valence-corrected chi connectivity index (χ1v) is 8.40. The van der Waals surface area contributed by atoms with Crippen LogP contribution in [0.25, 0.3) is 0 Å². The molecule has 1 aromatic carbocycles. The van der Waals surface area contributed by atoms with Crippen LogP contribution < -0.4 is 9.47 Å². The lowest BCUT2D eigenvalue weighted by atomic mass is 9.92. The fourth-order valence-electron chi connectivity index (χ4n) is 2.14. The van der Waals surface area contributed by atoms with Gasteiger partial charge in [0.2, 0.25) is 0 Å². The number of rotatable bonds is 6. The normalized spacial score (nSPS) is 20.5. The smallest absolute Gasteiger partial charge is 0.496 e. The molecule has 7 nitrogen and oxygen atoms in total. The van der Waals surface area contributed by atoms with Crippen molar-refractivity contribution in [1.82, 2.24) is 0 Å². The first-order valence-electron chi connectivity index (χ1n) is 7.00. The highest BCUT2D eigenvalue weighted by molar-refractivity contribution is 7.87. The van der Waals surface area contributed by atoms with E-state index < -0.39 is 33.8 Å². The lowest BCUT2D eigenvalue weighted by molar-refractivity contribution is -0.0677. The molecule has 0 heterocycles. The molecule has 0 aromatic heterocycles. The highest BCUT2D eigenvalue weighted by Crippen LogP contribution is 2.35. The Morgan fingerprint density at radius 2 is 1.80 bits per heavy atom. The number of hydrogen-bond donors (Lipinski definition) is 0. The second-order valence-electron chi connectivity index (χ2n) is 5.18. The summed E-state index contributed by atoms with van der Waals surface area (Å²) in [6.07, 6.45) is -1.64.